The molecule has 0 saturated carbocycles. The number of hydrogen-bond donors (Lipinski definition) is 1. The lowest BCUT2D eigenvalue weighted by Gasteiger charge is -2.34. The molecule has 0 aromatic heterocycles. The van der Waals surface area contributed by atoms with Crippen molar-refractivity contribution in [3.8, 4) is 0 Å². The van der Waals surface area contributed by atoms with Crippen molar-refractivity contribution in [2.24, 2.45) is 0 Å². The normalized spacial score (nSPS) is 19.3. The Morgan fingerprint density at radius 1 is 1.14 bits per heavy atom. The van der Waals surface area contributed by atoms with Gasteiger partial charge in [0.15, 0.2) is 11.6 Å². The molecule has 0 bridgehead atoms. The van der Waals surface area contributed by atoms with E-state index in [4.69, 9.17) is 0 Å². The number of halogens is 2. The van der Waals surface area contributed by atoms with Gasteiger partial charge in [-0.2, -0.15) is 0 Å². The molecule has 116 valence electrons. The van der Waals surface area contributed by atoms with E-state index in [1.807, 2.05) is 6.07 Å². The zero-order chi connectivity index (χ0) is 15.5. The Morgan fingerprint density at radius 3 is 2.73 bits per heavy atom. The summed E-state index contributed by atoms with van der Waals surface area (Å²) in [5, 5.41) is 3.54. The van der Waals surface area contributed by atoms with Crippen LogP contribution in [0.1, 0.15) is 22.7 Å². The second-order valence-corrected chi connectivity index (χ2v) is 5.85. The van der Waals surface area contributed by atoms with Crippen molar-refractivity contribution >= 4 is 0 Å². The van der Waals surface area contributed by atoms with Crippen LogP contribution in [0.3, 0.4) is 0 Å². The maximum Gasteiger partial charge on any atom is 0.159 e. The highest BCUT2D eigenvalue weighted by Gasteiger charge is 2.22. The van der Waals surface area contributed by atoms with Gasteiger partial charge < -0.3 is 5.32 Å². The molecule has 1 aliphatic rings. The Labute approximate surface area is 129 Å². The van der Waals surface area contributed by atoms with Gasteiger partial charge >= 0.3 is 0 Å². The fraction of sp³-hybridized carbons (Fsp3) is 0.333. The summed E-state index contributed by atoms with van der Waals surface area (Å²) in [4.78, 5) is 2.28. The van der Waals surface area contributed by atoms with E-state index < -0.39 is 11.6 Å². The zero-order valence-corrected chi connectivity index (χ0v) is 12.7. The summed E-state index contributed by atoms with van der Waals surface area (Å²) in [7, 11) is 0. The van der Waals surface area contributed by atoms with Gasteiger partial charge in [0, 0.05) is 32.2 Å². The first kappa shape index (κ1) is 15.1. The van der Waals surface area contributed by atoms with E-state index >= 15 is 0 Å². The largest absolute Gasteiger partial charge is 0.308 e. The lowest BCUT2D eigenvalue weighted by Crippen LogP contribution is -2.45. The average Bonchev–Trinajstić information content (AvgIpc) is 2.52. The smallest absolute Gasteiger partial charge is 0.159 e. The van der Waals surface area contributed by atoms with Crippen LogP contribution >= 0.6 is 0 Å². The summed E-state index contributed by atoms with van der Waals surface area (Å²) in [6, 6.07) is 12.8. The first-order valence-corrected chi connectivity index (χ1v) is 7.58. The summed E-state index contributed by atoms with van der Waals surface area (Å²) in [5.74, 6) is -1.56. The molecular formula is C18H20F2N2. The Morgan fingerprint density at radius 2 is 1.95 bits per heavy atom. The quantitative estimate of drug-likeness (QED) is 0.934. The molecule has 1 saturated heterocycles. The minimum Gasteiger partial charge on any atom is -0.308 e. The summed E-state index contributed by atoms with van der Waals surface area (Å²) in [5.41, 5.74) is 3.39. The fourth-order valence-corrected chi connectivity index (χ4v) is 3.04. The SMILES string of the molecule is Cc1ccccc1[C@@H]1CN(Cc2ccc(F)c(F)c2)CCN1. The molecule has 2 nitrogen and oxygen atoms in total. The highest BCUT2D eigenvalue weighted by Crippen LogP contribution is 2.22. The van der Waals surface area contributed by atoms with E-state index in [0.29, 0.717) is 6.54 Å². The molecule has 1 atom stereocenters. The molecule has 1 N–H and O–H groups in total. The third-order valence-electron chi connectivity index (χ3n) is 4.21. The minimum atomic E-state index is -0.790. The predicted molar refractivity (Wildman–Crippen MR) is 83.6 cm³/mol. The van der Waals surface area contributed by atoms with Gasteiger partial charge in [-0.05, 0) is 35.7 Å². The number of nitrogens with one attached hydrogen (secondary N) is 1. The van der Waals surface area contributed by atoms with Crippen molar-refractivity contribution in [2.45, 2.75) is 19.5 Å². The van der Waals surface area contributed by atoms with Crippen LogP contribution in [0.2, 0.25) is 0 Å². The molecule has 0 amide bonds. The average molecular weight is 302 g/mol. The molecule has 0 aliphatic carbocycles. The van der Waals surface area contributed by atoms with Crippen molar-refractivity contribution in [3.63, 3.8) is 0 Å². The van der Waals surface area contributed by atoms with Crippen LogP contribution in [-0.2, 0) is 6.54 Å². The Hall–Kier alpha value is -1.78. The van der Waals surface area contributed by atoms with Crippen molar-refractivity contribution in [3.05, 3.63) is 70.8 Å². The van der Waals surface area contributed by atoms with Gasteiger partial charge in [-0.15, -0.1) is 0 Å². The summed E-state index contributed by atoms with van der Waals surface area (Å²) >= 11 is 0. The third-order valence-corrected chi connectivity index (χ3v) is 4.21. The summed E-state index contributed by atoms with van der Waals surface area (Å²) in [6.45, 7) is 5.42. The molecule has 0 spiro atoms. The fourth-order valence-electron chi connectivity index (χ4n) is 3.04. The van der Waals surface area contributed by atoms with E-state index in [2.05, 4.69) is 35.3 Å². The first-order chi connectivity index (χ1) is 10.6. The highest BCUT2D eigenvalue weighted by molar-refractivity contribution is 5.29. The van der Waals surface area contributed by atoms with Gasteiger partial charge in [-0.3, -0.25) is 4.90 Å². The summed E-state index contributed by atoms with van der Waals surface area (Å²) in [6.07, 6.45) is 0. The molecule has 0 radical (unpaired) electrons. The Bertz CT molecular complexity index is 657. The number of hydrogen-bond acceptors (Lipinski definition) is 2. The Kier molecular flexibility index (Phi) is 4.50. The molecule has 22 heavy (non-hydrogen) atoms. The number of nitrogens with zero attached hydrogens (tertiary/aromatic N) is 1. The number of rotatable bonds is 3. The molecule has 2 aromatic carbocycles. The van der Waals surface area contributed by atoms with Gasteiger partial charge in [-0.25, -0.2) is 8.78 Å². The van der Waals surface area contributed by atoms with E-state index in [9.17, 15) is 8.78 Å². The minimum absolute atomic E-state index is 0.278. The lowest BCUT2D eigenvalue weighted by atomic mass is 9.99. The van der Waals surface area contributed by atoms with Gasteiger partial charge in [-0.1, -0.05) is 30.3 Å². The number of piperazine rings is 1. The van der Waals surface area contributed by atoms with Gasteiger partial charge in [0.2, 0.25) is 0 Å². The number of benzene rings is 2. The first-order valence-electron chi connectivity index (χ1n) is 7.58. The monoisotopic (exact) mass is 302 g/mol. The molecular weight excluding hydrogens is 282 g/mol. The lowest BCUT2D eigenvalue weighted by molar-refractivity contribution is 0.192. The molecule has 1 aliphatic heterocycles. The van der Waals surface area contributed by atoms with Crippen molar-refractivity contribution in [1.82, 2.24) is 10.2 Å². The van der Waals surface area contributed by atoms with Crippen LogP contribution in [-0.4, -0.2) is 24.5 Å². The topological polar surface area (TPSA) is 15.3 Å². The second-order valence-electron chi connectivity index (χ2n) is 5.85. The van der Waals surface area contributed by atoms with Crippen LogP contribution in [0.4, 0.5) is 8.78 Å². The molecule has 1 heterocycles. The van der Waals surface area contributed by atoms with Crippen LogP contribution < -0.4 is 5.32 Å². The molecule has 4 heteroatoms. The van der Waals surface area contributed by atoms with Crippen LogP contribution in [0.25, 0.3) is 0 Å². The molecule has 1 fully saturated rings. The van der Waals surface area contributed by atoms with E-state index in [-0.39, 0.29) is 6.04 Å². The number of aryl methyl sites for hydroxylation is 1. The third kappa shape index (κ3) is 3.34. The maximum atomic E-state index is 13.3. The Balaban J connectivity index is 1.70. The second kappa shape index (κ2) is 6.55. The van der Waals surface area contributed by atoms with Crippen LogP contribution in [0, 0.1) is 18.6 Å². The predicted octanol–water partition coefficient (Wildman–Crippen LogP) is 3.42. The zero-order valence-electron chi connectivity index (χ0n) is 12.7. The van der Waals surface area contributed by atoms with Crippen LogP contribution in [0.5, 0.6) is 0 Å². The molecule has 3 rings (SSSR count). The van der Waals surface area contributed by atoms with Crippen molar-refractivity contribution in [2.75, 3.05) is 19.6 Å². The highest BCUT2D eigenvalue weighted by atomic mass is 19.2. The maximum absolute atomic E-state index is 13.3. The van der Waals surface area contributed by atoms with E-state index in [1.165, 1.54) is 23.3 Å². The molecule has 2 aromatic rings. The standard InChI is InChI=1S/C18H20F2N2/c1-13-4-2-3-5-15(13)18-12-22(9-8-21-18)11-14-6-7-16(19)17(20)10-14/h2-7,10,18,21H,8-9,11-12H2,1H3/t18-/m0/s1. The van der Waals surface area contributed by atoms with Gasteiger partial charge in [0.25, 0.3) is 0 Å². The van der Waals surface area contributed by atoms with E-state index in [1.54, 1.807) is 6.07 Å². The summed E-state index contributed by atoms with van der Waals surface area (Å²) < 4.78 is 26.3. The van der Waals surface area contributed by atoms with Crippen molar-refractivity contribution in [1.29, 1.82) is 0 Å². The molecule has 0 unspecified atom stereocenters. The van der Waals surface area contributed by atoms with Crippen molar-refractivity contribution < 1.29 is 8.78 Å². The van der Waals surface area contributed by atoms with E-state index in [0.717, 1.165) is 25.2 Å². The van der Waals surface area contributed by atoms with Gasteiger partial charge in [0.05, 0.1) is 0 Å². The van der Waals surface area contributed by atoms with Crippen LogP contribution in [0.15, 0.2) is 42.5 Å². The van der Waals surface area contributed by atoms with Gasteiger partial charge in [0.1, 0.15) is 0 Å².